The largest absolute Gasteiger partial charge is 0.346 e. The number of aromatic amines is 1. The third-order valence-electron chi connectivity index (χ3n) is 3.75. The fourth-order valence-electron chi connectivity index (χ4n) is 2.69. The Morgan fingerprint density at radius 1 is 1.50 bits per heavy atom. The van der Waals surface area contributed by atoms with Crippen LogP contribution < -0.4 is 5.69 Å². The minimum atomic E-state index is -0.518. The van der Waals surface area contributed by atoms with Crippen molar-refractivity contribution in [2.75, 3.05) is 13.1 Å². The van der Waals surface area contributed by atoms with Crippen LogP contribution in [0.2, 0.25) is 4.34 Å². The third kappa shape index (κ3) is 3.23. The Labute approximate surface area is 137 Å². The normalized spacial score (nSPS) is 18.5. The summed E-state index contributed by atoms with van der Waals surface area (Å²) >= 11 is 7.27. The number of amides is 1. The van der Waals surface area contributed by atoms with E-state index in [1.54, 1.807) is 17.0 Å². The van der Waals surface area contributed by atoms with Gasteiger partial charge in [-0.1, -0.05) is 18.5 Å². The fourth-order valence-corrected chi connectivity index (χ4v) is 3.71. The van der Waals surface area contributed by atoms with Crippen LogP contribution in [0.1, 0.15) is 30.3 Å². The van der Waals surface area contributed by atoms with Gasteiger partial charge in [-0.25, -0.2) is 4.79 Å². The SMILES string of the molecule is CC1CCCN(C(=O)c2cc(-c3ccc(Cl)s3)[nH]c(=O)n2)C1. The average molecular weight is 338 g/mol. The maximum atomic E-state index is 12.6. The fraction of sp³-hybridized carbons (Fsp3) is 0.400. The van der Waals surface area contributed by atoms with Gasteiger partial charge in [0.15, 0.2) is 0 Å². The Morgan fingerprint density at radius 3 is 3.00 bits per heavy atom. The van der Waals surface area contributed by atoms with Gasteiger partial charge in [0.05, 0.1) is 14.9 Å². The van der Waals surface area contributed by atoms with E-state index in [0.717, 1.165) is 24.3 Å². The lowest BCUT2D eigenvalue weighted by Crippen LogP contribution is -2.40. The summed E-state index contributed by atoms with van der Waals surface area (Å²) in [5.41, 5.74) is 0.248. The van der Waals surface area contributed by atoms with Gasteiger partial charge in [0.1, 0.15) is 5.69 Å². The summed E-state index contributed by atoms with van der Waals surface area (Å²) < 4.78 is 0.630. The van der Waals surface area contributed by atoms with E-state index in [1.165, 1.54) is 11.3 Å². The van der Waals surface area contributed by atoms with Crippen molar-refractivity contribution in [3.63, 3.8) is 0 Å². The molecule has 0 spiro atoms. The summed E-state index contributed by atoms with van der Waals surface area (Å²) in [5.74, 6) is 0.303. The van der Waals surface area contributed by atoms with Crippen LogP contribution in [-0.2, 0) is 0 Å². The molecule has 1 amide bonds. The first-order chi connectivity index (χ1) is 10.5. The van der Waals surface area contributed by atoms with E-state index < -0.39 is 5.69 Å². The quantitative estimate of drug-likeness (QED) is 0.916. The predicted molar refractivity (Wildman–Crippen MR) is 87.5 cm³/mol. The third-order valence-corrected chi connectivity index (χ3v) is 5.01. The molecule has 7 heteroatoms. The van der Waals surface area contributed by atoms with Crippen molar-refractivity contribution in [2.24, 2.45) is 5.92 Å². The van der Waals surface area contributed by atoms with E-state index in [9.17, 15) is 9.59 Å². The molecule has 3 rings (SSSR count). The predicted octanol–water partition coefficient (Wildman–Crippen LogP) is 3.02. The second-order valence-electron chi connectivity index (χ2n) is 5.59. The molecular formula is C15H16ClN3O2S. The number of H-pyrrole nitrogens is 1. The van der Waals surface area contributed by atoms with Crippen molar-refractivity contribution in [1.82, 2.24) is 14.9 Å². The van der Waals surface area contributed by atoms with E-state index >= 15 is 0 Å². The Hall–Kier alpha value is -1.66. The van der Waals surface area contributed by atoms with E-state index in [4.69, 9.17) is 11.6 Å². The highest BCUT2D eigenvalue weighted by atomic mass is 35.5. The molecule has 1 aliphatic heterocycles. The van der Waals surface area contributed by atoms with Gasteiger partial charge in [0.25, 0.3) is 5.91 Å². The number of hydrogen-bond acceptors (Lipinski definition) is 4. The summed E-state index contributed by atoms with van der Waals surface area (Å²) in [7, 11) is 0. The smallest absolute Gasteiger partial charge is 0.337 e. The van der Waals surface area contributed by atoms with Crippen LogP contribution in [-0.4, -0.2) is 33.9 Å². The van der Waals surface area contributed by atoms with Crippen LogP contribution in [0.4, 0.5) is 0 Å². The van der Waals surface area contributed by atoms with E-state index in [-0.39, 0.29) is 11.6 Å². The first kappa shape index (κ1) is 15.2. The summed E-state index contributed by atoms with van der Waals surface area (Å²) in [6.07, 6.45) is 2.12. The van der Waals surface area contributed by atoms with E-state index in [2.05, 4.69) is 16.9 Å². The second kappa shape index (κ2) is 6.22. The van der Waals surface area contributed by atoms with Crippen LogP contribution >= 0.6 is 22.9 Å². The molecule has 22 heavy (non-hydrogen) atoms. The topological polar surface area (TPSA) is 66.1 Å². The zero-order valence-corrected chi connectivity index (χ0v) is 13.7. The molecule has 0 aromatic carbocycles. The van der Waals surface area contributed by atoms with Crippen LogP contribution in [0.25, 0.3) is 10.6 Å². The lowest BCUT2D eigenvalue weighted by atomic mass is 10.00. The summed E-state index contributed by atoms with van der Waals surface area (Å²) in [6.45, 7) is 3.56. The molecule has 1 aliphatic rings. The number of carbonyl (C=O) groups is 1. The zero-order chi connectivity index (χ0) is 15.7. The van der Waals surface area contributed by atoms with Crippen molar-refractivity contribution in [3.05, 3.63) is 38.7 Å². The van der Waals surface area contributed by atoms with Crippen molar-refractivity contribution in [1.29, 1.82) is 0 Å². The van der Waals surface area contributed by atoms with Crippen molar-refractivity contribution in [3.8, 4) is 10.6 Å². The van der Waals surface area contributed by atoms with E-state index in [1.807, 2.05) is 6.07 Å². The molecule has 2 aromatic heterocycles. The number of hydrogen-bond donors (Lipinski definition) is 1. The summed E-state index contributed by atoms with van der Waals surface area (Å²) in [6, 6.07) is 5.20. The number of nitrogens with one attached hydrogen (secondary N) is 1. The number of halogens is 1. The molecule has 3 heterocycles. The first-order valence-corrected chi connectivity index (χ1v) is 8.39. The molecule has 1 atom stereocenters. The number of carbonyl (C=O) groups excluding carboxylic acids is 1. The second-order valence-corrected chi connectivity index (χ2v) is 7.30. The van der Waals surface area contributed by atoms with Gasteiger partial charge in [-0.3, -0.25) is 4.79 Å². The highest BCUT2D eigenvalue weighted by molar-refractivity contribution is 7.19. The summed E-state index contributed by atoms with van der Waals surface area (Å²) in [5, 5.41) is 0. The monoisotopic (exact) mass is 337 g/mol. The van der Waals surface area contributed by atoms with Gasteiger partial charge in [0, 0.05) is 13.1 Å². The number of aromatic nitrogens is 2. The van der Waals surface area contributed by atoms with Crippen LogP contribution in [0.3, 0.4) is 0 Å². The van der Waals surface area contributed by atoms with Gasteiger partial charge in [0.2, 0.25) is 0 Å². The highest BCUT2D eigenvalue weighted by Crippen LogP contribution is 2.29. The van der Waals surface area contributed by atoms with Gasteiger partial charge in [-0.2, -0.15) is 4.98 Å². The minimum absolute atomic E-state index is 0.179. The molecule has 2 aromatic rings. The number of piperidine rings is 1. The molecule has 5 nitrogen and oxygen atoms in total. The Balaban J connectivity index is 1.92. The van der Waals surface area contributed by atoms with Crippen molar-refractivity contribution >= 4 is 28.8 Å². The first-order valence-electron chi connectivity index (χ1n) is 7.19. The maximum absolute atomic E-state index is 12.6. The van der Waals surface area contributed by atoms with Gasteiger partial charge in [-0.05, 0) is 37.0 Å². The number of thiophene rings is 1. The molecule has 1 N–H and O–H groups in total. The summed E-state index contributed by atoms with van der Waals surface area (Å²) in [4.78, 5) is 33.4. The average Bonchev–Trinajstić information content (AvgIpc) is 2.92. The maximum Gasteiger partial charge on any atom is 0.346 e. The highest BCUT2D eigenvalue weighted by Gasteiger charge is 2.23. The Bertz CT molecular complexity index is 755. The number of nitrogens with zero attached hydrogens (tertiary/aromatic N) is 2. The Kier molecular flexibility index (Phi) is 4.31. The van der Waals surface area contributed by atoms with Crippen molar-refractivity contribution in [2.45, 2.75) is 19.8 Å². The van der Waals surface area contributed by atoms with E-state index in [0.29, 0.717) is 22.5 Å². The molecule has 116 valence electrons. The minimum Gasteiger partial charge on any atom is -0.337 e. The molecular weight excluding hydrogens is 322 g/mol. The molecule has 0 radical (unpaired) electrons. The van der Waals surface area contributed by atoms with Crippen LogP contribution in [0, 0.1) is 5.92 Å². The van der Waals surface area contributed by atoms with Gasteiger partial charge in [-0.15, -0.1) is 11.3 Å². The van der Waals surface area contributed by atoms with Gasteiger partial charge < -0.3 is 9.88 Å². The molecule has 1 unspecified atom stereocenters. The number of likely N-dealkylation sites (tertiary alicyclic amines) is 1. The van der Waals surface area contributed by atoms with Crippen LogP contribution in [0.15, 0.2) is 23.0 Å². The lowest BCUT2D eigenvalue weighted by Gasteiger charge is -2.30. The molecule has 1 saturated heterocycles. The van der Waals surface area contributed by atoms with Crippen molar-refractivity contribution < 1.29 is 4.79 Å². The van der Waals surface area contributed by atoms with Crippen LogP contribution in [0.5, 0.6) is 0 Å². The molecule has 0 aliphatic carbocycles. The number of rotatable bonds is 2. The standard InChI is InChI=1S/C15H16ClN3O2S/c1-9-3-2-6-19(8-9)14(20)11-7-10(17-15(21)18-11)12-4-5-13(16)22-12/h4-5,7,9H,2-3,6,8H2,1H3,(H,17,18,21). The van der Waals surface area contributed by atoms with Gasteiger partial charge >= 0.3 is 5.69 Å². The zero-order valence-electron chi connectivity index (χ0n) is 12.1. The lowest BCUT2D eigenvalue weighted by molar-refractivity contribution is 0.0676. The molecule has 1 fully saturated rings. The molecule has 0 bridgehead atoms. The Morgan fingerprint density at radius 2 is 2.32 bits per heavy atom. The molecule has 0 saturated carbocycles.